The van der Waals surface area contributed by atoms with Crippen LogP contribution in [0.1, 0.15) is 24.8 Å². The lowest BCUT2D eigenvalue weighted by Gasteiger charge is -2.31. The predicted molar refractivity (Wildman–Crippen MR) is 106 cm³/mol. The average Bonchev–Trinajstić information content (AvgIpc) is 3.16. The van der Waals surface area contributed by atoms with Crippen molar-refractivity contribution in [1.82, 2.24) is 15.3 Å². The van der Waals surface area contributed by atoms with Gasteiger partial charge in [0.05, 0.1) is 7.11 Å². The number of nitrogens with zero attached hydrogens (tertiary/aromatic N) is 3. The predicted octanol–water partition coefficient (Wildman–Crippen LogP) is 3.15. The van der Waals surface area contributed by atoms with Crippen LogP contribution in [0.2, 0.25) is 0 Å². The molecule has 3 heterocycles. The number of aromatic nitrogens is 2. The van der Waals surface area contributed by atoms with E-state index in [1.165, 1.54) is 0 Å². The van der Waals surface area contributed by atoms with Crippen LogP contribution in [0.15, 0.2) is 47.1 Å². The van der Waals surface area contributed by atoms with Crippen LogP contribution < -0.4 is 15.0 Å². The van der Waals surface area contributed by atoms with E-state index in [2.05, 4.69) is 20.2 Å². The van der Waals surface area contributed by atoms with Crippen LogP contribution in [0.4, 0.5) is 6.01 Å². The summed E-state index contributed by atoms with van der Waals surface area (Å²) in [5, 5.41) is 3.00. The summed E-state index contributed by atoms with van der Waals surface area (Å²) >= 11 is 0. The maximum atomic E-state index is 12.3. The maximum Gasteiger partial charge on any atom is 0.298 e. The topological polar surface area (TPSA) is 80.5 Å². The van der Waals surface area contributed by atoms with Crippen molar-refractivity contribution in [2.24, 2.45) is 5.92 Å². The van der Waals surface area contributed by atoms with Crippen molar-refractivity contribution in [2.45, 2.75) is 25.8 Å². The highest BCUT2D eigenvalue weighted by molar-refractivity contribution is 5.77. The number of anilines is 1. The van der Waals surface area contributed by atoms with Crippen LogP contribution in [0, 0.1) is 5.92 Å². The van der Waals surface area contributed by atoms with Crippen molar-refractivity contribution >= 4 is 23.0 Å². The van der Waals surface area contributed by atoms with Crippen molar-refractivity contribution in [3.63, 3.8) is 0 Å². The fraction of sp³-hybridized carbons (Fsp3) is 0.381. The van der Waals surface area contributed by atoms with E-state index in [4.69, 9.17) is 9.15 Å². The molecule has 7 nitrogen and oxygen atoms in total. The van der Waals surface area contributed by atoms with E-state index in [9.17, 15) is 4.79 Å². The van der Waals surface area contributed by atoms with Gasteiger partial charge in [0, 0.05) is 44.5 Å². The van der Waals surface area contributed by atoms with E-state index in [1.54, 1.807) is 19.5 Å². The van der Waals surface area contributed by atoms with Crippen LogP contribution in [0.25, 0.3) is 11.1 Å². The molecule has 3 aromatic rings. The summed E-state index contributed by atoms with van der Waals surface area (Å²) in [6.45, 7) is 2.19. The van der Waals surface area contributed by atoms with Crippen LogP contribution in [0.5, 0.6) is 5.75 Å². The van der Waals surface area contributed by atoms with Crippen molar-refractivity contribution in [2.75, 3.05) is 25.1 Å². The van der Waals surface area contributed by atoms with E-state index in [1.807, 2.05) is 30.3 Å². The molecular weight excluding hydrogens is 356 g/mol. The third-order valence-corrected chi connectivity index (χ3v) is 5.09. The van der Waals surface area contributed by atoms with E-state index >= 15 is 0 Å². The second-order valence-corrected chi connectivity index (χ2v) is 7.12. The number of hydrogen-bond donors (Lipinski definition) is 1. The number of carbonyl (C=O) groups excluding carboxylic acids is 1. The highest BCUT2D eigenvalue weighted by Crippen LogP contribution is 2.29. The summed E-state index contributed by atoms with van der Waals surface area (Å²) in [7, 11) is 1.64. The molecule has 1 aliphatic heterocycles. The van der Waals surface area contributed by atoms with Gasteiger partial charge in [-0.15, -0.1) is 0 Å². The number of benzene rings is 1. The fourth-order valence-electron chi connectivity index (χ4n) is 3.60. The Morgan fingerprint density at radius 2 is 2.18 bits per heavy atom. The molecule has 0 bridgehead atoms. The molecule has 1 aromatic carbocycles. The molecule has 1 unspecified atom stereocenters. The molecule has 1 N–H and O–H groups in total. The number of ether oxygens (including phenoxy) is 1. The van der Waals surface area contributed by atoms with Crippen LogP contribution in [-0.4, -0.2) is 36.1 Å². The lowest BCUT2D eigenvalue weighted by atomic mass is 9.94. The van der Waals surface area contributed by atoms with Crippen LogP contribution in [-0.2, 0) is 11.3 Å². The Morgan fingerprint density at radius 3 is 3.00 bits per heavy atom. The molecular formula is C21H24N4O3. The van der Waals surface area contributed by atoms with E-state index < -0.39 is 0 Å². The largest absolute Gasteiger partial charge is 0.497 e. The summed E-state index contributed by atoms with van der Waals surface area (Å²) < 4.78 is 11.2. The Bertz CT molecular complexity index is 941. The number of amides is 1. The van der Waals surface area contributed by atoms with Crippen molar-refractivity contribution in [3.8, 4) is 5.75 Å². The number of carbonyl (C=O) groups is 1. The minimum atomic E-state index is 0.0750. The first kappa shape index (κ1) is 18.3. The number of oxazole rings is 1. The Morgan fingerprint density at radius 1 is 1.32 bits per heavy atom. The molecule has 0 spiro atoms. The summed E-state index contributed by atoms with van der Waals surface area (Å²) in [6, 6.07) is 10.0. The van der Waals surface area contributed by atoms with Crippen molar-refractivity contribution < 1.29 is 13.9 Å². The number of piperidine rings is 1. The van der Waals surface area contributed by atoms with Crippen molar-refractivity contribution in [3.05, 3.63) is 48.3 Å². The van der Waals surface area contributed by atoms with Gasteiger partial charge in [0.2, 0.25) is 5.91 Å². The van der Waals surface area contributed by atoms with Gasteiger partial charge in [0.25, 0.3) is 6.01 Å². The number of hydrogen-bond acceptors (Lipinski definition) is 6. The van der Waals surface area contributed by atoms with Gasteiger partial charge in [-0.3, -0.25) is 9.78 Å². The van der Waals surface area contributed by atoms with Crippen LogP contribution >= 0.6 is 0 Å². The molecule has 2 aromatic heterocycles. The first-order valence-corrected chi connectivity index (χ1v) is 9.56. The smallest absolute Gasteiger partial charge is 0.298 e. The minimum absolute atomic E-state index is 0.0750. The third-order valence-electron chi connectivity index (χ3n) is 5.09. The quantitative estimate of drug-likeness (QED) is 0.708. The highest BCUT2D eigenvalue weighted by atomic mass is 16.5. The van der Waals surface area contributed by atoms with Gasteiger partial charge in [0.1, 0.15) is 11.3 Å². The van der Waals surface area contributed by atoms with Gasteiger partial charge in [0.15, 0.2) is 5.58 Å². The van der Waals surface area contributed by atoms with E-state index in [0.717, 1.165) is 48.3 Å². The summed E-state index contributed by atoms with van der Waals surface area (Å²) in [6.07, 6.45) is 6.03. The average molecular weight is 380 g/mol. The monoisotopic (exact) mass is 380 g/mol. The zero-order chi connectivity index (χ0) is 19.3. The van der Waals surface area contributed by atoms with E-state index in [-0.39, 0.29) is 11.8 Å². The number of rotatable bonds is 6. The normalized spacial score (nSPS) is 16.9. The molecule has 1 atom stereocenters. The zero-order valence-electron chi connectivity index (χ0n) is 15.9. The summed E-state index contributed by atoms with van der Waals surface area (Å²) in [5.74, 6) is 1.12. The highest BCUT2D eigenvalue weighted by Gasteiger charge is 2.25. The zero-order valence-corrected chi connectivity index (χ0v) is 15.9. The number of methoxy groups -OCH3 is 1. The van der Waals surface area contributed by atoms with Gasteiger partial charge in [-0.2, -0.15) is 4.98 Å². The molecule has 146 valence electrons. The van der Waals surface area contributed by atoms with Crippen molar-refractivity contribution in [1.29, 1.82) is 0 Å². The molecule has 0 aliphatic carbocycles. The minimum Gasteiger partial charge on any atom is -0.497 e. The number of pyridine rings is 1. The molecule has 0 saturated carbocycles. The first-order valence-electron chi connectivity index (χ1n) is 9.56. The molecule has 1 fully saturated rings. The summed E-state index contributed by atoms with van der Waals surface area (Å²) in [4.78, 5) is 23.1. The van der Waals surface area contributed by atoms with Crippen LogP contribution in [0.3, 0.4) is 0 Å². The maximum absolute atomic E-state index is 12.3. The van der Waals surface area contributed by atoms with Gasteiger partial charge in [-0.1, -0.05) is 0 Å². The Balaban J connectivity index is 1.35. The lowest BCUT2D eigenvalue weighted by molar-refractivity contribution is -0.122. The molecule has 0 radical (unpaired) electrons. The Kier molecular flexibility index (Phi) is 5.41. The molecule has 28 heavy (non-hydrogen) atoms. The second kappa shape index (κ2) is 8.29. The molecule has 1 amide bonds. The third kappa shape index (κ3) is 4.24. The number of nitrogens with one attached hydrogen (secondary N) is 1. The van der Waals surface area contributed by atoms with Gasteiger partial charge in [-0.25, -0.2) is 0 Å². The van der Waals surface area contributed by atoms with Gasteiger partial charge in [-0.05, 0) is 48.6 Å². The molecule has 4 rings (SSSR count). The van der Waals surface area contributed by atoms with E-state index in [0.29, 0.717) is 19.0 Å². The van der Waals surface area contributed by atoms with Gasteiger partial charge < -0.3 is 19.4 Å². The second-order valence-electron chi connectivity index (χ2n) is 7.12. The molecule has 1 saturated heterocycles. The Labute approximate surface area is 163 Å². The molecule has 1 aliphatic rings. The summed E-state index contributed by atoms with van der Waals surface area (Å²) in [5.41, 5.74) is 2.58. The number of fused-ring (bicyclic) bond motifs is 1. The Hall–Kier alpha value is -3.09. The van der Waals surface area contributed by atoms with Gasteiger partial charge >= 0.3 is 0 Å². The SMILES string of the molecule is COc1ccc2oc(N3CCCC(CC(=O)NCc4ccncc4)C3)nc2c1. The first-order chi connectivity index (χ1) is 13.7. The fourth-order valence-corrected chi connectivity index (χ4v) is 3.60. The standard InChI is InChI=1S/C21H24N4O3/c1-27-17-4-5-19-18(12-17)24-21(28-19)25-10-2-3-16(14-25)11-20(26)23-13-15-6-8-22-9-7-15/h4-9,12,16H,2-3,10-11,13-14H2,1H3,(H,23,26). The molecule has 7 heteroatoms. The lowest BCUT2D eigenvalue weighted by Crippen LogP contribution is -2.38.